The minimum atomic E-state index is 0.0103. The zero-order chi connectivity index (χ0) is 17.9. The number of likely N-dealkylation sites (tertiary alicyclic amines) is 1. The first-order valence-corrected chi connectivity index (χ1v) is 10.1. The summed E-state index contributed by atoms with van der Waals surface area (Å²) < 4.78 is 0. The Hall–Kier alpha value is -1.65. The summed E-state index contributed by atoms with van der Waals surface area (Å²) in [5.41, 5.74) is 1.50. The maximum absolute atomic E-state index is 12.6. The van der Waals surface area contributed by atoms with Crippen LogP contribution in [0, 0.1) is 5.92 Å². The second kappa shape index (κ2) is 7.93. The van der Waals surface area contributed by atoms with Gasteiger partial charge in [0.05, 0.1) is 5.52 Å². The van der Waals surface area contributed by atoms with Gasteiger partial charge in [-0.2, -0.15) is 0 Å². The van der Waals surface area contributed by atoms with Crippen LogP contribution in [0.25, 0.3) is 10.9 Å². The number of nitrogens with one attached hydrogen (secondary N) is 1. The Bertz CT molecular complexity index is 780. The van der Waals surface area contributed by atoms with Gasteiger partial charge in [-0.3, -0.25) is 4.79 Å². The normalized spacial score (nSPS) is 19.9. The maximum Gasteiger partial charge on any atom is 0.251 e. The van der Waals surface area contributed by atoms with Crippen LogP contribution in [0.5, 0.6) is 0 Å². The predicted molar refractivity (Wildman–Crippen MR) is 106 cm³/mol. The number of aromatic nitrogens is 1. The predicted octanol–water partition coefficient (Wildman–Crippen LogP) is 4.27. The molecule has 4 rings (SSSR count). The van der Waals surface area contributed by atoms with Crippen molar-refractivity contribution in [2.24, 2.45) is 5.92 Å². The van der Waals surface area contributed by atoms with Gasteiger partial charge in [0.15, 0.2) is 0 Å². The Morgan fingerprint density at radius 3 is 2.65 bits per heavy atom. The van der Waals surface area contributed by atoms with Crippen molar-refractivity contribution in [3.8, 4) is 0 Å². The Morgan fingerprint density at radius 1 is 1.12 bits per heavy atom. The van der Waals surface area contributed by atoms with E-state index in [1.165, 1.54) is 32.2 Å². The number of amides is 1. The first-order chi connectivity index (χ1) is 12.7. The average molecular weight is 372 g/mol. The zero-order valence-corrected chi connectivity index (χ0v) is 15.8. The van der Waals surface area contributed by atoms with Crippen LogP contribution in [-0.2, 0) is 0 Å². The molecule has 1 aliphatic heterocycles. The number of halogens is 1. The molecule has 0 atom stereocenters. The number of hydrogen-bond acceptors (Lipinski definition) is 3. The third-order valence-corrected chi connectivity index (χ3v) is 6.04. The van der Waals surface area contributed by atoms with Crippen molar-refractivity contribution in [3.05, 3.63) is 41.0 Å². The van der Waals surface area contributed by atoms with E-state index in [9.17, 15) is 4.79 Å². The lowest BCUT2D eigenvalue weighted by Gasteiger charge is -2.33. The molecule has 1 aromatic heterocycles. The van der Waals surface area contributed by atoms with Gasteiger partial charge in [-0.25, -0.2) is 4.98 Å². The van der Waals surface area contributed by atoms with Crippen LogP contribution in [-0.4, -0.2) is 41.5 Å². The summed E-state index contributed by atoms with van der Waals surface area (Å²) in [5.74, 6) is 0.914. The summed E-state index contributed by atoms with van der Waals surface area (Å²) in [7, 11) is 0. The van der Waals surface area contributed by atoms with E-state index in [2.05, 4.69) is 15.2 Å². The molecule has 0 bridgehead atoms. The van der Waals surface area contributed by atoms with Gasteiger partial charge in [-0.05, 0) is 61.9 Å². The molecule has 0 radical (unpaired) electrons. The molecule has 0 unspecified atom stereocenters. The molecule has 4 nitrogen and oxygen atoms in total. The van der Waals surface area contributed by atoms with Crippen LogP contribution in [0.15, 0.2) is 30.3 Å². The molecule has 2 aromatic rings. The van der Waals surface area contributed by atoms with Gasteiger partial charge < -0.3 is 10.2 Å². The summed E-state index contributed by atoms with van der Waals surface area (Å²) in [6.07, 6.45) is 7.71. The van der Waals surface area contributed by atoms with Gasteiger partial charge in [0.25, 0.3) is 5.91 Å². The van der Waals surface area contributed by atoms with Gasteiger partial charge in [-0.1, -0.05) is 24.4 Å². The second-order valence-corrected chi connectivity index (χ2v) is 8.13. The molecular formula is C21H26ClN3O. The van der Waals surface area contributed by atoms with E-state index < -0.39 is 0 Å². The molecule has 1 saturated carbocycles. The van der Waals surface area contributed by atoms with Crippen LogP contribution >= 0.6 is 11.6 Å². The van der Waals surface area contributed by atoms with E-state index >= 15 is 0 Å². The molecule has 1 aliphatic carbocycles. The molecule has 1 N–H and O–H groups in total. The average Bonchev–Trinajstić information content (AvgIpc) is 3.16. The Kier molecular flexibility index (Phi) is 5.41. The van der Waals surface area contributed by atoms with Crippen LogP contribution < -0.4 is 5.32 Å². The van der Waals surface area contributed by atoms with E-state index in [4.69, 9.17) is 11.6 Å². The van der Waals surface area contributed by atoms with Gasteiger partial charge in [-0.15, -0.1) is 0 Å². The summed E-state index contributed by atoms with van der Waals surface area (Å²) >= 11 is 5.92. The lowest BCUT2D eigenvalue weighted by atomic mass is 10.0. The van der Waals surface area contributed by atoms with E-state index in [1.54, 1.807) is 6.07 Å². The van der Waals surface area contributed by atoms with E-state index in [0.717, 1.165) is 42.8 Å². The molecule has 138 valence electrons. The number of nitrogens with zero attached hydrogens (tertiary/aromatic N) is 2. The topological polar surface area (TPSA) is 45.2 Å². The van der Waals surface area contributed by atoms with Crippen LogP contribution in [0.3, 0.4) is 0 Å². The highest BCUT2D eigenvalue weighted by Crippen LogP contribution is 2.26. The summed E-state index contributed by atoms with van der Waals surface area (Å²) in [4.78, 5) is 19.5. The number of carbonyl (C=O) groups excluding carboxylic acids is 1. The second-order valence-electron chi connectivity index (χ2n) is 7.74. The first-order valence-electron chi connectivity index (χ1n) is 9.77. The van der Waals surface area contributed by atoms with E-state index in [0.29, 0.717) is 10.7 Å². The number of hydrogen-bond donors (Lipinski definition) is 1. The fourth-order valence-corrected chi connectivity index (χ4v) is 4.48. The molecule has 26 heavy (non-hydrogen) atoms. The highest BCUT2D eigenvalue weighted by molar-refractivity contribution is 6.29. The number of fused-ring (bicyclic) bond motifs is 1. The van der Waals surface area contributed by atoms with Crippen molar-refractivity contribution < 1.29 is 4.79 Å². The number of pyridine rings is 1. The monoisotopic (exact) mass is 371 g/mol. The molecule has 2 fully saturated rings. The van der Waals surface area contributed by atoms with E-state index in [1.807, 2.05) is 24.3 Å². The smallest absolute Gasteiger partial charge is 0.251 e. The molecule has 1 saturated heterocycles. The minimum Gasteiger partial charge on any atom is -0.349 e. The molecule has 0 spiro atoms. The van der Waals surface area contributed by atoms with Gasteiger partial charge in [0.1, 0.15) is 5.15 Å². The molecule has 1 amide bonds. The number of rotatable bonds is 4. The molecular weight excluding hydrogens is 346 g/mol. The maximum atomic E-state index is 12.6. The summed E-state index contributed by atoms with van der Waals surface area (Å²) in [6, 6.07) is 9.52. The molecule has 5 heteroatoms. The Balaban J connectivity index is 1.31. The lowest BCUT2D eigenvalue weighted by molar-refractivity contribution is 0.0906. The van der Waals surface area contributed by atoms with E-state index in [-0.39, 0.29) is 11.9 Å². The molecule has 2 heterocycles. The van der Waals surface area contributed by atoms with Crippen molar-refractivity contribution in [1.29, 1.82) is 0 Å². The number of benzene rings is 1. The standard InChI is InChI=1S/C21H26ClN3O/c22-20-8-6-16-13-17(5-7-19(16)24-20)21(26)23-18-9-11-25(12-10-18)14-15-3-1-2-4-15/h5-8,13,15,18H,1-4,9-12,14H2,(H,23,26). The van der Waals surface area contributed by atoms with Crippen LogP contribution in [0.4, 0.5) is 0 Å². The molecule has 1 aromatic carbocycles. The third-order valence-electron chi connectivity index (χ3n) is 5.83. The fraction of sp³-hybridized carbons (Fsp3) is 0.524. The van der Waals surface area contributed by atoms with Crippen LogP contribution in [0.1, 0.15) is 48.9 Å². The molecule has 2 aliphatic rings. The third kappa shape index (κ3) is 4.18. The largest absolute Gasteiger partial charge is 0.349 e. The van der Waals surface area contributed by atoms with Crippen molar-refractivity contribution in [1.82, 2.24) is 15.2 Å². The highest BCUT2D eigenvalue weighted by atomic mass is 35.5. The fourth-order valence-electron chi connectivity index (χ4n) is 4.33. The Labute approximate surface area is 159 Å². The Morgan fingerprint density at radius 2 is 1.88 bits per heavy atom. The van der Waals surface area contributed by atoms with Gasteiger partial charge in [0.2, 0.25) is 0 Å². The van der Waals surface area contributed by atoms with Gasteiger partial charge in [0, 0.05) is 36.6 Å². The first kappa shape index (κ1) is 17.7. The number of piperidine rings is 1. The van der Waals surface area contributed by atoms with Crippen LogP contribution in [0.2, 0.25) is 5.15 Å². The summed E-state index contributed by atoms with van der Waals surface area (Å²) in [5, 5.41) is 4.62. The van der Waals surface area contributed by atoms with Crippen molar-refractivity contribution >= 4 is 28.4 Å². The number of carbonyl (C=O) groups is 1. The van der Waals surface area contributed by atoms with Crippen molar-refractivity contribution in [3.63, 3.8) is 0 Å². The quantitative estimate of drug-likeness (QED) is 0.816. The van der Waals surface area contributed by atoms with Gasteiger partial charge >= 0.3 is 0 Å². The summed E-state index contributed by atoms with van der Waals surface area (Å²) in [6.45, 7) is 3.45. The van der Waals surface area contributed by atoms with Crippen molar-refractivity contribution in [2.45, 2.75) is 44.6 Å². The zero-order valence-electron chi connectivity index (χ0n) is 15.1. The SMILES string of the molecule is O=C(NC1CCN(CC2CCCC2)CC1)c1ccc2nc(Cl)ccc2c1. The highest BCUT2D eigenvalue weighted by Gasteiger charge is 2.24. The van der Waals surface area contributed by atoms with Crippen molar-refractivity contribution in [2.75, 3.05) is 19.6 Å². The lowest BCUT2D eigenvalue weighted by Crippen LogP contribution is -2.45. The minimum absolute atomic E-state index is 0.0103.